The Balaban J connectivity index is 2.20. The number of aliphatic hydroxyl groups excluding tert-OH is 1. The van der Waals surface area contributed by atoms with Crippen LogP contribution in [-0.4, -0.2) is 47.9 Å². The highest BCUT2D eigenvalue weighted by Crippen LogP contribution is 2.23. The lowest BCUT2D eigenvalue weighted by atomic mass is 9.97. The minimum atomic E-state index is -0.209. The van der Waals surface area contributed by atoms with Crippen LogP contribution in [0.5, 0.6) is 0 Å². The second kappa shape index (κ2) is 6.85. The summed E-state index contributed by atoms with van der Waals surface area (Å²) in [6, 6.07) is 1.97. The Labute approximate surface area is 120 Å². The molecule has 0 saturated carbocycles. The maximum absolute atomic E-state index is 9.83. The Bertz CT molecular complexity index is 417. The van der Waals surface area contributed by atoms with Gasteiger partial charge < -0.3 is 20.1 Å². The molecule has 1 fully saturated rings. The van der Waals surface area contributed by atoms with E-state index in [9.17, 15) is 5.11 Å². The Hall–Kier alpha value is -1.40. The number of methoxy groups -OCH3 is 1. The van der Waals surface area contributed by atoms with E-state index < -0.39 is 0 Å². The monoisotopic (exact) mass is 280 g/mol. The van der Waals surface area contributed by atoms with E-state index in [0.29, 0.717) is 12.4 Å². The van der Waals surface area contributed by atoms with Gasteiger partial charge in [-0.2, -0.15) is 0 Å². The summed E-state index contributed by atoms with van der Waals surface area (Å²) < 4.78 is 5.13. The highest BCUT2D eigenvalue weighted by atomic mass is 16.5. The van der Waals surface area contributed by atoms with Crippen LogP contribution in [0.25, 0.3) is 0 Å². The van der Waals surface area contributed by atoms with Crippen molar-refractivity contribution in [2.45, 2.75) is 33.0 Å². The van der Waals surface area contributed by atoms with Crippen LogP contribution in [0.3, 0.4) is 0 Å². The number of ether oxygens (including phenoxy) is 1. The van der Waals surface area contributed by atoms with Crippen LogP contribution in [0, 0.1) is 5.92 Å². The first-order chi connectivity index (χ1) is 9.63. The number of piperidine rings is 1. The van der Waals surface area contributed by atoms with Gasteiger partial charge in [-0.15, -0.1) is 0 Å². The van der Waals surface area contributed by atoms with E-state index in [4.69, 9.17) is 4.74 Å². The fourth-order valence-corrected chi connectivity index (χ4v) is 2.45. The first-order valence-corrected chi connectivity index (χ1v) is 7.17. The SMILES string of the molecule is CCNc1cc(N2CCC(O)C(C)C2)nc(COC)n1. The van der Waals surface area contributed by atoms with Crippen molar-refractivity contribution in [1.82, 2.24) is 9.97 Å². The highest BCUT2D eigenvalue weighted by Gasteiger charge is 2.25. The molecule has 0 bridgehead atoms. The lowest BCUT2D eigenvalue weighted by Gasteiger charge is -2.35. The smallest absolute Gasteiger partial charge is 0.158 e. The van der Waals surface area contributed by atoms with E-state index in [0.717, 1.165) is 37.7 Å². The van der Waals surface area contributed by atoms with E-state index in [-0.39, 0.29) is 12.0 Å². The van der Waals surface area contributed by atoms with Crippen molar-refractivity contribution < 1.29 is 9.84 Å². The van der Waals surface area contributed by atoms with Crippen molar-refractivity contribution >= 4 is 11.6 Å². The molecular weight excluding hydrogens is 256 g/mol. The molecule has 1 aromatic rings. The first-order valence-electron chi connectivity index (χ1n) is 7.17. The highest BCUT2D eigenvalue weighted by molar-refractivity contribution is 5.49. The molecule has 2 rings (SSSR count). The first kappa shape index (κ1) is 15.0. The molecule has 2 atom stereocenters. The van der Waals surface area contributed by atoms with E-state index in [1.165, 1.54) is 0 Å². The summed E-state index contributed by atoms with van der Waals surface area (Å²) in [4.78, 5) is 11.2. The molecule has 0 aromatic carbocycles. The van der Waals surface area contributed by atoms with E-state index in [1.807, 2.05) is 13.0 Å². The molecule has 1 aromatic heterocycles. The lowest BCUT2D eigenvalue weighted by molar-refractivity contribution is 0.0968. The third kappa shape index (κ3) is 3.58. The number of hydrogen-bond donors (Lipinski definition) is 2. The van der Waals surface area contributed by atoms with Crippen molar-refractivity contribution in [3.05, 3.63) is 11.9 Å². The van der Waals surface area contributed by atoms with Gasteiger partial charge in [-0.3, -0.25) is 0 Å². The zero-order chi connectivity index (χ0) is 14.5. The number of nitrogens with zero attached hydrogens (tertiary/aromatic N) is 3. The number of aromatic nitrogens is 2. The summed E-state index contributed by atoms with van der Waals surface area (Å²) in [6.07, 6.45) is 0.571. The predicted molar refractivity (Wildman–Crippen MR) is 78.9 cm³/mol. The molecular formula is C14H24N4O2. The molecule has 1 aliphatic rings. The van der Waals surface area contributed by atoms with Crippen LogP contribution in [-0.2, 0) is 11.3 Å². The molecule has 2 heterocycles. The number of hydrogen-bond acceptors (Lipinski definition) is 6. The number of anilines is 2. The molecule has 0 spiro atoms. The van der Waals surface area contributed by atoms with E-state index in [1.54, 1.807) is 7.11 Å². The van der Waals surface area contributed by atoms with Gasteiger partial charge in [0.2, 0.25) is 0 Å². The normalized spacial score (nSPS) is 22.9. The fourth-order valence-electron chi connectivity index (χ4n) is 2.45. The number of rotatable bonds is 5. The van der Waals surface area contributed by atoms with Gasteiger partial charge in [0.1, 0.15) is 18.2 Å². The van der Waals surface area contributed by atoms with Gasteiger partial charge in [-0.25, -0.2) is 9.97 Å². The molecule has 0 aliphatic carbocycles. The van der Waals surface area contributed by atoms with Crippen molar-refractivity contribution in [3.8, 4) is 0 Å². The molecule has 1 aliphatic heterocycles. The van der Waals surface area contributed by atoms with Gasteiger partial charge in [-0.1, -0.05) is 6.92 Å². The second-order valence-electron chi connectivity index (χ2n) is 5.27. The molecule has 0 radical (unpaired) electrons. The summed E-state index contributed by atoms with van der Waals surface area (Å²) in [5, 5.41) is 13.1. The van der Waals surface area contributed by atoms with Crippen LogP contribution >= 0.6 is 0 Å². The number of nitrogens with one attached hydrogen (secondary N) is 1. The topological polar surface area (TPSA) is 70.5 Å². The van der Waals surface area contributed by atoms with Crippen LogP contribution in [0.4, 0.5) is 11.6 Å². The summed E-state index contributed by atoms with van der Waals surface area (Å²) >= 11 is 0. The zero-order valence-corrected chi connectivity index (χ0v) is 12.5. The quantitative estimate of drug-likeness (QED) is 0.846. The Morgan fingerprint density at radius 3 is 2.95 bits per heavy atom. The Kier molecular flexibility index (Phi) is 5.14. The largest absolute Gasteiger partial charge is 0.393 e. The maximum atomic E-state index is 9.83. The van der Waals surface area contributed by atoms with Gasteiger partial charge in [-0.05, 0) is 19.3 Å². The predicted octanol–water partition coefficient (Wildman–Crippen LogP) is 1.26. The molecule has 6 heteroatoms. The van der Waals surface area contributed by atoms with E-state index in [2.05, 4.69) is 27.1 Å². The van der Waals surface area contributed by atoms with Gasteiger partial charge in [0.05, 0.1) is 6.10 Å². The van der Waals surface area contributed by atoms with Crippen LogP contribution in [0.15, 0.2) is 6.07 Å². The van der Waals surface area contributed by atoms with E-state index >= 15 is 0 Å². The van der Waals surface area contributed by atoms with Crippen LogP contribution < -0.4 is 10.2 Å². The van der Waals surface area contributed by atoms with Crippen LogP contribution in [0.2, 0.25) is 0 Å². The standard InChI is InChI=1S/C14H24N4O2/c1-4-15-12-7-14(17-13(16-12)9-20-3)18-6-5-11(19)10(2)8-18/h7,10-11,19H,4-6,8-9H2,1-3H3,(H,15,16,17). The summed E-state index contributed by atoms with van der Waals surface area (Å²) in [7, 11) is 1.64. The van der Waals surface area contributed by atoms with Gasteiger partial charge in [0.15, 0.2) is 5.82 Å². The third-order valence-electron chi connectivity index (χ3n) is 3.57. The number of aliphatic hydroxyl groups is 1. The summed E-state index contributed by atoms with van der Waals surface area (Å²) in [6.45, 7) is 6.96. The molecule has 6 nitrogen and oxygen atoms in total. The molecule has 1 saturated heterocycles. The third-order valence-corrected chi connectivity index (χ3v) is 3.57. The molecule has 2 unspecified atom stereocenters. The van der Waals surface area contributed by atoms with Crippen molar-refractivity contribution in [1.29, 1.82) is 0 Å². The molecule has 20 heavy (non-hydrogen) atoms. The summed E-state index contributed by atoms with van der Waals surface area (Å²) in [5.41, 5.74) is 0. The van der Waals surface area contributed by atoms with Gasteiger partial charge >= 0.3 is 0 Å². The Morgan fingerprint density at radius 2 is 2.30 bits per heavy atom. The average Bonchev–Trinajstić information content (AvgIpc) is 2.42. The maximum Gasteiger partial charge on any atom is 0.158 e. The second-order valence-corrected chi connectivity index (χ2v) is 5.27. The molecule has 2 N–H and O–H groups in total. The van der Waals surface area contributed by atoms with Crippen molar-refractivity contribution in [2.24, 2.45) is 5.92 Å². The Morgan fingerprint density at radius 1 is 1.50 bits per heavy atom. The lowest BCUT2D eigenvalue weighted by Crippen LogP contribution is -2.42. The fraction of sp³-hybridized carbons (Fsp3) is 0.714. The zero-order valence-electron chi connectivity index (χ0n) is 12.5. The summed E-state index contributed by atoms with van der Waals surface area (Å²) in [5.74, 6) is 2.66. The minimum Gasteiger partial charge on any atom is -0.393 e. The van der Waals surface area contributed by atoms with Crippen LogP contribution in [0.1, 0.15) is 26.1 Å². The van der Waals surface area contributed by atoms with Gasteiger partial charge in [0.25, 0.3) is 0 Å². The van der Waals surface area contributed by atoms with Gasteiger partial charge in [0, 0.05) is 32.8 Å². The van der Waals surface area contributed by atoms with Crippen molar-refractivity contribution in [3.63, 3.8) is 0 Å². The molecule has 0 amide bonds. The molecule has 112 valence electrons. The minimum absolute atomic E-state index is 0.209. The van der Waals surface area contributed by atoms with Crippen molar-refractivity contribution in [2.75, 3.05) is 37.0 Å². The average molecular weight is 280 g/mol.